The molecule has 2 unspecified atom stereocenters. The molecule has 418 valence electrons. The maximum Gasteiger partial charge on any atom is 0.315 e. The number of ether oxygens (including phenoxy) is 4. The van der Waals surface area contributed by atoms with E-state index in [9.17, 15) is 19.2 Å². The van der Waals surface area contributed by atoms with E-state index in [1.807, 2.05) is 34.1 Å². The van der Waals surface area contributed by atoms with Gasteiger partial charge in [0.2, 0.25) is 0 Å². The number of amides is 6. The highest BCUT2D eigenvalue weighted by Crippen LogP contribution is 2.47. The van der Waals surface area contributed by atoms with E-state index in [0.29, 0.717) is 112 Å². The average molecular weight is 1150 g/mol. The quantitative estimate of drug-likeness (QED) is 0.0561. The summed E-state index contributed by atoms with van der Waals surface area (Å²) in [6.45, 7) is 8.83. The predicted octanol–water partition coefficient (Wildman–Crippen LogP) is 8.58. The second-order valence-electron chi connectivity index (χ2n) is 22.0. The standard InChI is InChI=1S/C58H70Cl4N8O8/c1-67-33-47(45-27-41(59)29-51(61)49(45)35-67)37-3-5-39-31-69(53(71)43(39)25-37)15-19-77-23-21-75-17-13-63-55(73)65-57-7-10-58(11-8-57,12-9-57)66-56(74)64-14-18-76-22-24-78-20-16-70-32-40-6-4-38(26-44(40)54(70)72)48-34-68(2)36-50-46(48)28-42(60)30-52(50)62/h3-6,25-30,47-48H,7-24,31-36H2,1-2H3,(H2,63,65,73)(H2,64,66,74). The van der Waals surface area contributed by atoms with Crippen molar-refractivity contribution >= 4 is 70.3 Å². The first-order valence-electron chi connectivity index (χ1n) is 27.3. The average Bonchev–Trinajstić information content (AvgIpc) is 4.07. The van der Waals surface area contributed by atoms with E-state index in [4.69, 9.17) is 65.4 Å². The number of nitrogens with one attached hydrogen (secondary N) is 4. The largest absolute Gasteiger partial charge is 0.377 e. The zero-order valence-corrected chi connectivity index (χ0v) is 47.5. The normalized spacial score (nSPS) is 22.5. The summed E-state index contributed by atoms with van der Waals surface area (Å²) in [6.07, 6.45) is 4.70. The monoisotopic (exact) mass is 1150 g/mol. The van der Waals surface area contributed by atoms with E-state index in [1.54, 1.807) is 12.1 Å². The Bertz CT molecular complexity index is 2680. The fourth-order valence-electron chi connectivity index (χ4n) is 12.4. The molecule has 3 aliphatic carbocycles. The molecular weight excluding hydrogens is 1080 g/mol. The fraction of sp³-hybridized carbons (Fsp3) is 0.517. The summed E-state index contributed by atoms with van der Waals surface area (Å²) in [5.41, 5.74) is 9.43. The van der Waals surface area contributed by atoms with Crippen LogP contribution in [0.1, 0.15) is 116 Å². The Morgan fingerprint density at radius 1 is 0.526 bits per heavy atom. The Kier molecular flexibility index (Phi) is 18.1. The zero-order chi connectivity index (χ0) is 54.6. The van der Waals surface area contributed by atoms with Gasteiger partial charge in [0.25, 0.3) is 11.8 Å². The van der Waals surface area contributed by atoms with E-state index >= 15 is 0 Å². The van der Waals surface area contributed by atoms with Crippen LogP contribution in [-0.2, 0) is 45.1 Å². The molecule has 0 aromatic heterocycles. The number of fused-ring (bicyclic) bond motifs is 7. The summed E-state index contributed by atoms with van der Waals surface area (Å²) >= 11 is 26.0. The SMILES string of the molecule is CN1Cc2c(Cl)cc(Cl)cc2C(c2ccc3c(c2)C(=O)N(CCOCCOCCNC(=O)NC24CCC(NC(=O)NCCOCCOCCN5Cc6ccc(C7CN(C)Cc8c(Cl)cc(Cl)cc87)cc6C5=O)(CC2)CC4)C3)C1. The van der Waals surface area contributed by atoms with Crippen LogP contribution in [0, 0.1) is 0 Å². The van der Waals surface area contributed by atoms with Crippen LogP contribution >= 0.6 is 46.4 Å². The van der Waals surface area contributed by atoms with Crippen LogP contribution in [0.2, 0.25) is 20.1 Å². The minimum absolute atomic E-state index is 0.00468. The molecule has 6 amide bonds. The molecule has 2 bridgehead atoms. The lowest BCUT2D eigenvalue weighted by molar-refractivity contribution is 0.0370. The van der Waals surface area contributed by atoms with Gasteiger partial charge in [-0.2, -0.15) is 0 Å². The third kappa shape index (κ3) is 13.0. The summed E-state index contributed by atoms with van der Waals surface area (Å²) in [5, 5.41) is 14.9. The van der Waals surface area contributed by atoms with Crippen molar-refractivity contribution in [2.45, 2.75) is 87.6 Å². The maximum atomic E-state index is 13.5. The van der Waals surface area contributed by atoms with Crippen LogP contribution in [0.15, 0.2) is 60.7 Å². The highest BCUT2D eigenvalue weighted by molar-refractivity contribution is 6.35. The Labute approximate surface area is 477 Å². The molecule has 20 heteroatoms. The van der Waals surface area contributed by atoms with Gasteiger partial charge in [-0.05, 0) is 134 Å². The van der Waals surface area contributed by atoms with Crippen molar-refractivity contribution in [3.8, 4) is 0 Å². The number of nitrogens with zero attached hydrogens (tertiary/aromatic N) is 4. The lowest BCUT2D eigenvalue weighted by Crippen LogP contribution is -2.65. The lowest BCUT2D eigenvalue weighted by atomic mass is 9.61. The topological polar surface area (TPSA) is 166 Å². The van der Waals surface area contributed by atoms with Crippen LogP contribution in [-0.4, -0.2) is 161 Å². The number of halogens is 4. The molecule has 4 N–H and O–H groups in total. The molecule has 16 nitrogen and oxygen atoms in total. The van der Waals surface area contributed by atoms with Crippen LogP contribution in [0.4, 0.5) is 9.59 Å². The molecule has 0 saturated heterocycles. The van der Waals surface area contributed by atoms with E-state index in [0.717, 1.165) is 120 Å². The summed E-state index contributed by atoms with van der Waals surface area (Å²) < 4.78 is 23.1. The van der Waals surface area contributed by atoms with E-state index < -0.39 is 0 Å². The van der Waals surface area contributed by atoms with Crippen molar-refractivity contribution in [3.63, 3.8) is 0 Å². The van der Waals surface area contributed by atoms with Crippen molar-refractivity contribution in [2.75, 3.05) is 106 Å². The van der Waals surface area contributed by atoms with Gasteiger partial charge in [-0.1, -0.05) is 70.7 Å². The number of carbonyl (C=O) groups excluding carboxylic acids is 4. The molecule has 7 aliphatic rings. The maximum absolute atomic E-state index is 13.5. The molecule has 3 saturated carbocycles. The van der Waals surface area contributed by atoms with E-state index in [1.165, 1.54) is 0 Å². The Balaban J connectivity index is 0.538. The van der Waals surface area contributed by atoms with Gasteiger partial charge in [0.15, 0.2) is 0 Å². The molecule has 78 heavy (non-hydrogen) atoms. The third-order valence-corrected chi connectivity index (χ3v) is 17.7. The highest BCUT2D eigenvalue weighted by Gasteiger charge is 2.50. The van der Waals surface area contributed by atoms with Gasteiger partial charge in [0.05, 0.1) is 52.9 Å². The number of hydrogen-bond donors (Lipinski definition) is 4. The number of rotatable bonds is 22. The van der Waals surface area contributed by atoms with Gasteiger partial charge in [0, 0.05) is 120 Å². The first kappa shape index (κ1) is 56.6. The van der Waals surface area contributed by atoms with Gasteiger partial charge >= 0.3 is 12.1 Å². The minimum Gasteiger partial charge on any atom is -0.377 e. The van der Waals surface area contributed by atoms with Crippen molar-refractivity contribution < 1.29 is 38.1 Å². The number of hydrogen-bond acceptors (Lipinski definition) is 10. The summed E-state index contributed by atoms with van der Waals surface area (Å²) in [4.78, 5) is 60.9. The second-order valence-corrected chi connectivity index (χ2v) is 23.7. The first-order valence-corrected chi connectivity index (χ1v) is 28.8. The van der Waals surface area contributed by atoms with Crippen LogP contribution < -0.4 is 21.3 Å². The van der Waals surface area contributed by atoms with Crippen LogP contribution in [0.3, 0.4) is 0 Å². The molecule has 3 fully saturated rings. The minimum atomic E-state index is -0.289. The molecule has 4 aromatic rings. The number of carbonyl (C=O) groups is 4. The summed E-state index contributed by atoms with van der Waals surface area (Å²) in [7, 11) is 4.15. The zero-order valence-electron chi connectivity index (χ0n) is 44.5. The Morgan fingerprint density at radius 3 is 1.31 bits per heavy atom. The van der Waals surface area contributed by atoms with Gasteiger partial charge < -0.3 is 59.8 Å². The molecule has 4 aliphatic heterocycles. The smallest absolute Gasteiger partial charge is 0.315 e. The third-order valence-electron chi connectivity index (χ3n) is 16.6. The van der Waals surface area contributed by atoms with Crippen LogP contribution in [0.5, 0.6) is 0 Å². The molecule has 4 aromatic carbocycles. The molecule has 0 radical (unpaired) electrons. The van der Waals surface area contributed by atoms with Crippen molar-refractivity contribution in [3.05, 3.63) is 136 Å². The van der Waals surface area contributed by atoms with Gasteiger partial charge in [0.1, 0.15) is 0 Å². The van der Waals surface area contributed by atoms with Crippen molar-refractivity contribution in [1.82, 2.24) is 40.9 Å². The Morgan fingerprint density at radius 2 is 0.910 bits per heavy atom. The van der Waals surface area contributed by atoms with E-state index in [2.05, 4.69) is 69.4 Å². The van der Waals surface area contributed by atoms with Gasteiger partial charge in [-0.25, -0.2) is 9.59 Å². The lowest BCUT2D eigenvalue weighted by Gasteiger charge is -2.53. The van der Waals surface area contributed by atoms with Gasteiger partial charge in [-0.15, -0.1) is 0 Å². The highest BCUT2D eigenvalue weighted by atomic mass is 35.5. The molecule has 11 rings (SSSR count). The molecular formula is C58H70Cl4N8O8. The first-order chi connectivity index (χ1) is 37.6. The molecule has 0 spiro atoms. The van der Waals surface area contributed by atoms with Crippen molar-refractivity contribution in [1.29, 1.82) is 0 Å². The number of benzene rings is 4. The molecule has 4 heterocycles. The van der Waals surface area contributed by atoms with Crippen molar-refractivity contribution in [2.24, 2.45) is 0 Å². The summed E-state index contributed by atoms with van der Waals surface area (Å²) in [6, 6.07) is 19.6. The second kappa shape index (κ2) is 25.0. The number of urea groups is 2. The Hall–Kier alpha value is -4.72. The molecule has 2 atom stereocenters. The summed E-state index contributed by atoms with van der Waals surface area (Å²) in [5.74, 6) is 0.127. The predicted molar refractivity (Wildman–Crippen MR) is 301 cm³/mol. The van der Waals surface area contributed by atoms with Crippen LogP contribution in [0.25, 0.3) is 0 Å². The van der Waals surface area contributed by atoms with E-state index in [-0.39, 0.29) is 46.8 Å². The number of likely N-dealkylation sites (N-methyl/N-ethyl adjacent to an activating group) is 2. The van der Waals surface area contributed by atoms with Gasteiger partial charge in [-0.3, -0.25) is 9.59 Å². The fourth-order valence-corrected chi connectivity index (χ4v) is 13.5.